The zero-order valence-corrected chi connectivity index (χ0v) is 20.7. The van der Waals surface area contributed by atoms with Crippen molar-refractivity contribution in [1.82, 2.24) is 9.21 Å². The third-order valence-corrected chi connectivity index (χ3v) is 8.20. The van der Waals surface area contributed by atoms with Crippen LogP contribution in [0.25, 0.3) is 0 Å². The standard InChI is InChI=1S/C25H29F5N2O3S/c1-36(33,34)32-11-5-18(6-12-32)19-14-22(26)24(23(27)15-19)35-21-7-9-31(10-8-21)16-17-3-2-4-20(13-17)25(28,29)30/h2-4,13-15,18,21H,5-12,16H2,1H3. The fraction of sp³-hybridized carbons (Fsp3) is 0.520. The van der Waals surface area contributed by atoms with Gasteiger partial charge in [-0.1, -0.05) is 18.2 Å². The Labute approximate surface area is 207 Å². The summed E-state index contributed by atoms with van der Waals surface area (Å²) >= 11 is 0. The van der Waals surface area contributed by atoms with Crippen molar-refractivity contribution in [2.24, 2.45) is 0 Å². The molecule has 2 aromatic carbocycles. The first-order valence-corrected chi connectivity index (χ1v) is 13.7. The van der Waals surface area contributed by atoms with Gasteiger partial charge < -0.3 is 4.74 Å². The normalized spacial score (nSPS) is 19.5. The average molecular weight is 533 g/mol. The van der Waals surface area contributed by atoms with Gasteiger partial charge in [-0.2, -0.15) is 13.2 Å². The van der Waals surface area contributed by atoms with Crippen molar-refractivity contribution in [1.29, 1.82) is 0 Å². The van der Waals surface area contributed by atoms with Crippen molar-refractivity contribution < 1.29 is 35.1 Å². The number of ether oxygens (including phenoxy) is 1. The SMILES string of the molecule is CS(=O)(=O)N1CCC(c2cc(F)c(OC3CCN(Cc4cccc(C(F)(F)F)c4)CC3)c(F)c2)CC1. The molecule has 2 aliphatic rings. The van der Waals surface area contributed by atoms with Crippen molar-refractivity contribution in [3.05, 3.63) is 64.7 Å². The minimum atomic E-state index is -4.39. The van der Waals surface area contributed by atoms with Gasteiger partial charge in [-0.25, -0.2) is 21.5 Å². The van der Waals surface area contributed by atoms with E-state index in [-0.39, 0.29) is 5.92 Å². The molecule has 2 saturated heterocycles. The number of halogens is 5. The van der Waals surface area contributed by atoms with Crippen LogP contribution in [0, 0.1) is 11.6 Å². The summed E-state index contributed by atoms with van der Waals surface area (Å²) in [7, 11) is -3.28. The first-order chi connectivity index (χ1) is 16.9. The van der Waals surface area contributed by atoms with Crippen LogP contribution in [0.4, 0.5) is 22.0 Å². The van der Waals surface area contributed by atoms with Gasteiger partial charge in [0, 0.05) is 32.7 Å². The second-order valence-corrected chi connectivity index (χ2v) is 11.5. The van der Waals surface area contributed by atoms with Crippen LogP contribution in [0.5, 0.6) is 5.75 Å². The molecule has 4 rings (SSSR count). The lowest BCUT2D eigenvalue weighted by atomic mass is 9.90. The Morgan fingerprint density at radius 2 is 1.56 bits per heavy atom. The Balaban J connectivity index is 1.32. The van der Waals surface area contributed by atoms with E-state index in [2.05, 4.69) is 0 Å². The average Bonchev–Trinajstić information content (AvgIpc) is 2.81. The maximum Gasteiger partial charge on any atom is 0.416 e. The monoisotopic (exact) mass is 532 g/mol. The third kappa shape index (κ3) is 6.54. The van der Waals surface area contributed by atoms with E-state index in [4.69, 9.17) is 4.74 Å². The van der Waals surface area contributed by atoms with Crippen LogP contribution in [-0.4, -0.2) is 56.2 Å². The molecule has 0 radical (unpaired) electrons. The van der Waals surface area contributed by atoms with Gasteiger partial charge in [-0.15, -0.1) is 0 Å². The molecule has 2 aliphatic heterocycles. The van der Waals surface area contributed by atoms with Crippen LogP contribution in [0.3, 0.4) is 0 Å². The maximum atomic E-state index is 14.8. The summed E-state index contributed by atoms with van der Waals surface area (Å²) < 4.78 is 98.8. The molecule has 2 heterocycles. The predicted octanol–water partition coefficient (Wildman–Crippen LogP) is 5.17. The molecule has 198 valence electrons. The largest absolute Gasteiger partial charge is 0.484 e. The van der Waals surface area contributed by atoms with Gasteiger partial charge >= 0.3 is 6.18 Å². The van der Waals surface area contributed by atoms with Crippen LogP contribution in [0.1, 0.15) is 48.3 Å². The number of nitrogens with zero attached hydrogens (tertiary/aromatic N) is 2. The van der Waals surface area contributed by atoms with Crippen molar-refractivity contribution >= 4 is 10.0 Å². The lowest BCUT2D eigenvalue weighted by molar-refractivity contribution is -0.137. The van der Waals surface area contributed by atoms with Crippen LogP contribution >= 0.6 is 0 Å². The molecule has 0 unspecified atom stereocenters. The number of benzene rings is 2. The summed E-state index contributed by atoms with van der Waals surface area (Å²) in [5.74, 6) is -2.15. The third-order valence-electron chi connectivity index (χ3n) is 6.89. The van der Waals surface area contributed by atoms with Gasteiger partial charge in [0.15, 0.2) is 17.4 Å². The molecule has 0 aromatic heterocycles. The number of hydrogen-bond acceptors (Lipinski definition) is 4. The molecule has 36 heavy (non-hydrogen) atoms. The summed E-state index contributed by atoms with van der Waals surface area (Å²) in [6, 6.07) is 7.74. The second-order valence-electron chi connectivity index (χ2n) is 9.54. The topological polar surface area (TPSA) is 49.9 Å². The number of likely N-dealkylation sites (tertiary alicyclic amines) is 1. The lowest BCUT2D eigenvalue weighted by Crippen LogP contribution is -2.38. The fourth-order valence-corrected chi connectivity index (χ4v) is 5.78. The Hall–Kier alpha value is -2.24. The van der Waals surface area contributed by atoms with Gasteiger partial charge in [0.05, 0.1) is 11.8 Å². The minimum absolute atomic E-state index is 0.139. The molecule has 0 amide bonds. The molecule has 0 bridgehead atoms. The number of sulfonamides is 1. The van der Waals surface area contributed by atoms with Crippen molar-refractivity contribution in [2.75, 3.05) is 32.4 Å². The highest BCUT2D eigenvalue weighted by atomic mass is 32.2. The van der Waals surface area contributed by atoms with E-state index in [1.807, 2.05) is 4.90 Å². The maximum absolute atomic E-state index is 14.8. The van der Waals surface area contributed by atoms with Crippen molar-refractivity contribution in [3.63, 3.8) is 0 Å². The van der Waals surface area contributed by atoms with Crippen LogP contribution in [0.2, 0.25) is 0 Å². The summed E-state index contributed by atoms with van der Waals surface area (Å²) in [5.41, 5.74) is 0.356. The van der Waals surface area contributed by atoms with Crippen LogP contribution in [-0.2, 0) is 22.7 Å². The first-order valence-electron chi connectivity index (χ1n) is 11.9. The molecule has 0 aliphatic carbocycles. The fourth-order valence-electron chi connectivity index (χ4n) is 4.90. The first kappa shape index (κ1) is 26.8. The molecular formula is C25H29F5N2O3S. The van der Waals surface area contributed by atoms with Gasteiger partial charge in [0.25, 0.3) is 0 Å². The highest BCUT2D eigenvalue weighted by molar-refractivity contribution is 7.88. The highest BCUT2D eigenvalue weighted by Gasteiger charge is 2.31. The lowest BCUT2D eigenvalue weighted by Gasteiger charge is -2.33. The quantitative estimate of drug-likeness (QED) is 0.482. The van der Waals surface area contributed by atoms with Crippen LogP contribution < -0.4 is 4.74 Å². The van der Waals surface area contributed by atoms with E-state index in [9.17, 15) is 30.4 Å². The summed E-state index contributed by atoms with van der Waals surface area (Å²) in [4.78, 5) is 1.99. The predicted molar refractivity (Wildman–Crippen MR) is 125 cm³/mol. The summed E-state index contributed by atoms with van der Waals surface area (Å²) in [5, 5.41) is 0. The van der Waals surface area contributed by atoms with Gasteiger partial charge in [-0.05, 0) is 60.9 Å². The molecule has 2 aromatic rings. The molecule has 0 N–H and O–H groups in total. The number of piperidine rings is 2. The Morgan fingerprint density at radius 1 is 0.944 bits per heavy atom. The van der Waals surface area contributed by atoms with E-state index >= 15 is 0 Å². The van der Waals surface area contributed by atoms with Crippen LogP contribution in [0.15, 0.2) is 36.4 Å². The van der Waals surface area contributed by atoms with Crippen molar-refractivity contribution in [3.8, 4) is 5.75 Å². The van der Waals surface area contributed by atoms with E-state index in [1.54, 1.807) is 6.07 Å². The molecular weight excluding hydrogens is 503 g/mol. The zero-order chi connectivity index (χ0) is 26.1. The molecule has 0 spiro atoms. The highest BCUT2D eigenvalue weighted by Crippen LogP contribution is 2.34. The molecule has 5 nitrogen and oxygen atoms in total. The van der Waals surface area contributed by atoms with Gasteiger partial charge in [0.1, 0.15) is 6.10 Å². The Kier molecular flexibility index (Phi) is 7.92. The van der Waals surface area contributed by atoms with Crippen molar-refractivity contribution in [2.45, 2.75) is 50.4 Å². The van der Waals surface area contributed by atoms with E-state index < -0.39 is 45.3 Å². The summed E-state index contributed by atoms with van der Waals surface area (Å²) in [6.07, 6.45) is -1.71. The minimum Gasteiger partial charge on any atom is -0.484 e. The number of alkyl halides is 3. The second kappa shape index (κ2) is 10.6. The Bertz CT molecular complexity index is 1150. The zero-order valence-electron chi connectivity index (χ0n) is 19.9. The van der Waals surface area contributed by atoms with Gasteiger partial charge in [0.2, 0.25) is 10.0 Å². The van der Waals surface area contributed by atoms with E-state index in [0.717, 1.165) is 18.4 Å². The molecule has 2 fully saturated rings. The smallest absolute Gasteiger partial charge is 0.416 e. The van der Waals surface area contributed by atoms with E-state index in [1.165, 1.54) is 22.5 Å². The summed E-state index contributed by atoms with van der Waals surface area (Å²) in [6.45, 7) is 2.03. The number of rotatable bonds is 6. The molecule has 0 saturated carbocycles. The molecule has 11 heteroatoms. The number of hydrogen-bond donors (Lipinski definition) is 0. The Morgan fingerprint density at radius 3 is 2.11 bits per heavy atom. The van der Waals surface area contributed by atoms with E-state index in [0.29, 0.717) is 69.5 Å². The van der Waals surface area contributed by atoms with Gasteiger partial charge in [-0.3, -0.25) is 4.90 Å². The molecule has 0 atom stereocenters.